The number of phenols is 1. The molecular formula is C65H87N5O11S2. The van der Waals surface area contributed by atoms with Crippen LogP contribution in [-0.2, 0) is 19.1 Å². The molecule has 16 nitrogen and oxygen atoms in total. The van der Waals surface area contributed by atoms with Gasteiger partial charge in [-0.2, -0.15) is 0 Å². The summed E-state index contributed by atoms with van der Waals surface area (Å²) in [6.45, 7) is 5.86. The van der Waals surface area contributed by atoms with Crippen LogP contribution in [0.1, 0.15) is 127 Å². The number of aromatic nitrogens is 1. The number of aliphatic hydroxyl groups excluding tert-OH is 4. The molecule has 10 aliphatic rings. The number of guanidine groups is 1. The van der Waals surface area contributed by atoms with Gasteiger partial charge in [0.1, 0.15) is 5.75 Å². The van der Waals surface area contributed by atoms with Gasteiger partial charge in [-0.3, -0.25) is 19.4 Å². The molecule has 2 aliphatic heterocycles. The number of cyclic esters (lactones) is 1. The van der Waals surface area contributed by atoms with Gasteiger partial charge >= 0.3 is 5.97 Å². The minimum atomic E-state index is -1.93. The summed E-state index contributed by atoms with van der Waals surface area (Å²) in [6, 6.07) is 8.77. The molecule has 450 valence electrons. The zero-order valence-corrected chi connectivity index (χ0v) is 49.8. The molecule has 13 N–H and O–H groups in total. The highest BCUT2D eigenvalue weighted by Crippen LogP contribution is 2.77. The number of nitrogens with two attached hydrogens (primary N) is 2. The molecule has 0 radical (unpaired) electrons. The number of H-pyrrole nitrogens is 1. The average Bonchev–Trinajstić information content (AvgIpc) is 1.67. The summed E-state index contributed by atoms with van der Waals surface area (Å²) in [5, 5.41) is 91.7. The van der Waals surface area contributed by atoms with E-state index in [1.807, 2.05) is 30.6 Å². The van der Waals surface area contributed by atoms with Gasteiger partial charge in [0.2, 0.25) is 0 Å². The summed E-state index contributed by atoms with van der Waals surface area (Å²) >= 11 is 0. The van der Waals surface area contributed by atoms with E-state index in [2.05, 4.69) is 47.1 Å². The van der Waals surface area contributed by atoms with Crippen LogP contribution < -0.4 is 16.8 Å². The zero-order chi connectivity index (χ0) is 58.5. The standard InChI is InChI=1S/C65H87N5O11S2/c1-33-7-8-35-12-16-45-40(29-71)22-51(75)63(3,79)59-38(6-4-5-36(21-47(45)46(35)19-33)48-30-81-60(78)52(48)39-17-18-68-26-39)24-65(80)55-53(37-9-13-42(27-70-61(66)67)64(59,65)23-37)62(2)25-50(74)57(76)49-32-83-82-31-41(34-10-14-43(72)15-11-34)20-44(73)28-69-56(55)58(77)54(49)62/h10-12,14-15,17-18,26,33,36-38,40-42,45-54,57,59,68-69,71-72,74-76,79-80H,6-9,13,16,19-25,27-32H2,1-3H3,(H4,66,67,70). The number of allylic oxidation sites excluding steroid dienone is 3. The van der Waals surface area contributed by atoms with E-state index in [0.29, 0.717) is 55.1 Å². The molecule has 23 atom stereocenters. The molecule has 18 heteroatoms. The summed E-state index contributed by atoms with van der Waals surface area (Å²) in [5.41, 5.74) is 9.97. The number of ketones is 2. The highest BCUT2D eigenvalue weighted by Gasteiger charge is 2.79. The molecule has 83 heavy (non-hydrogen) atoms. The molecule has 3 heterocycles. The molecule has 1 spiro atoms. The van der Waals surface area contributed by atoms with E-state index in [1.165, 1.54) is 16.4 Å². The molecule has 5 saturated carbocycles. The minimum absolute atomic E-state index is 0.0207. The minimum Gasteiger partial charge on any atom is -0.508 e. The smallest absolute Gasteiger partial charge is 0.313 e. The SMILES string of the molecule is CC1CCC2=CCC3C(CO)CC(O)C(C)(O)C4C(CC#CC(C5COC(=O)C5c5cc[nH]c5)CC3C2C1)CC1(O)C2=C3NCC(=O)CC(c5ccc(O)cc5)CSSCC5C(O)C(O)CC(C)(C2C2CCC(CN=C(N)N)C41C2)C5C3=O. The van der Waals surface area contributed by atoms with Gasteiger partial charge in [0, 0.05) is 90.8 Å². The lowest BCUT2D eigenvalue weighted by Crippen LogP contribution is -2.71. The second-order valence-corrected chi connectivity index (χ2v) is 30.4. The lowest BCUT2D eigenvalue weighted by Gasteiger charge is -2.68. The number of nitrogens with one attached hydrogen (secondary N) is 2. The van der Waals surface area contributed by atoms with Crippen LogP contribution in [0.25, 0.3) is 0 Å². The lowest BCUT2D eigenvalue weighted by molar-refractivity contribution is -0.230. The largest absolute Gasteiger partial charge is 0.508 e. The Kier molecular flexibility index (Phi) is 16.2. The zero-order valence-electron chi connectivity index (χ0n) is 48.2. The van der Waals surface area contributed by atoms with Crippen molar-refractivity contribution in [2.45, 2.75) is 146 Å². The van der Waals surface area contributed by atoms with Gasteiger partial charge in [-0.05, 0) is 171 Å². The van der Waals surface area contributed by atoms with E-state index in [9.17, 15) is 45.3 Å². The molecule has 4 bridgehead atoms. The number of ether oxygens (including phenoxy) is 1. The Labute approximate surface area is 495 Å². The number of Topliss-reactive ketones (excluding diaryl/α,β-unsaturated/α-hetero) is 2. The number of rotatable bonds is 6. The third-order valence-corrected chi connectivity index (χ3v) is 26.1. The average molecular weight is 1180 g/mol. The highest BCUT2D eigenvalue weighted by molar-refractivity contribution is 8.76. The number of phenolic OH excluding ortho intramolecular Hbond substituents is 1. The van der Waals surface area contributed by atoms with Crippen LogP contribution in [-0.4, -0.2) is 132 Å². The number of nitrogens with zero attached hydrogens (tertiary/aromatic N) is 1. The number of benzene rings is 1. The molecule has 1 aromatic carbocycles. The van der Waals surface area contributed by atoms with Gasteiger partial charge in [-0.25, -0.2) is 0 Å². The number of aliphatic hydroxyl groups is 6. The maximum absolute atomic E-state index is 16.2. The van der Waals surface area contributed by atoms with Gasteiger partial charge in [0.05, 0.1) is 54.3 Å². The van der Waals surface area contributed by atoms with Crippen LogP contribution in [0.5, 0.6) is 5.75 Å². The number of carbonyl (C=O) groups excluding carboxylic acids is 3. The molecule has 2 aromatic rings. The first-order valence-corrected chi connectivity index (χ1v) is 33.4. The van der Waals surface area contributed by atoms with Gasteiger partial charge in [-0.1, -0.05) is 65.1 Å². The molecule has 0 amide bonds. The van der Waals surface area contributed by atoms with Crippen molar-refractivity contribution in [3.8, 4) is 17.6 Å². The van der Waals surface area contributed by atoms with Crippen LogP contribution in [0.15, 0.2) is 70.6 Å². The monoisotopic (exact) mass is 1180 g/mol. The van der Waals surface area contributed by atoms with Gasteiger partial charge < -0.3 is 62.3 Å². The molecule has 12 rings (SSSR count). The van der Waals surface area contributed by atoms with E-state index >= 15 is 4.79 Å². The molecule has 1 aromatic heterocycles. The number of aliphatic imine (C=N–C) groups is 1. The predicted octanol–water partition coefficient (Wildman–Crippen LogP) is 6.10. The summed E-state index contributed by atoms with van der Waals surface area (Å²) < 4.78 is 5.96. The van der Waals surface area contributed by atoms with Crippen LogP contribution in [0, 0.1) is 106 Å². The fourth-order valence-corrected chi connectivity index (χ4v) is 22.9. The number of carbonyl (C=O) groups is 3. The van der Waals surface area contributed by atoms with Crippen LogP contribution in [0.4, 0.5) is 0 Å². The number of hydrogen-bond donors (Lipinski definition) is 11. The van der Waals surface area contributed by atoms with Gasteiger partial charge in [0.25, 0.3) is 0 Å². The molecular weight excluding hydrogens is 1090 g/mol. The quantitative estimate of drug-likeness (QED) is 0.0389. The van der Waals surface area contributed by atoms with Crippen molar-refractivity contribution in [1.29, 1.82) is 0 Å². The fraction of sp³-hybridized carbons (Fsp3) is 0.692. The van der Waals surface area contributed by atoms with E-state index in [4.69, 9.17) is 16.2 Å². The molecule has 8 aliphatic carbocycles. The number of aromatic amines is 1. The first kappa shape index (κ1) is 59.0. The Morgan fingerprint density at radius 3 is 2.42 bits per heavy atom. The first-order valence-electron chi connectivity index (χ1n) is 30.9. The highest BCUT2D eigenvalue weighted by atomic mass is 33.1. The topological polar surface area (TPSA) is 294 Å². The number of fused-ring (bicyclic) bond motifs is 10. The first-order chi connectivity index (χ1) is 39.7. The van der Waals surface area contributed by atoms with Crippen LogP contribution >= 0.6 is 21.6 Å². The normalized spacial score (nSPS) is 45.3. The van der Waals surface area contributed by atoms with E-state index in [1.54, 1.807) is 29.9 Å². The third-order valence-electron chi connectivity index (χ3n) is 23.6. The Hall–Kier alpha value is -4.32. The predicted molar refractivity (Wildman–Crippen MR) is 318 cm³/mol. The number of aromatic hydroxyl groups is 1. The molecule has 2 saturated heterocycles. The summed E-state index contributed by atoms with van der Waals surface area (Å²) in [5.74, 6) is 2.14. The number of esters is 1. The van der Waals surface area contributed by atoms with Crippen LogP contribution in [0.3, 0.4) is 0 Å². The fourth-order valence-electron chi connectivity index (χ4n) is 20.1. The summed E-state index contributed by atoms with van der Waals surface area (Å²) in [4.78, 5) is 52.5. The Balaban J connectivity index is 1.03. The van der Waals surface area contributed by atoms with Crippen molar-refractivity contribution < 1.29 is 54.9 Å². The Morgan fingerprint density at radius 2 is 1.67 bits per heavy atom. The lowest BCUT2D eigenvalue weighted by atomic mass is 9.37. The van der Waals surface area contributed by atoms with E-state index in [-0.39, 0.29) is 135 Å². The van der Waals surface area contributed by atoms with Crippen molar-refractivity contribution in [3.63, 3.8) is 0 Å². The summed E-state index contributed by atoms with van der Waals surface area (Å²) in [7, 11) is 3.08. The van der Waals surface area contributed by atoms with Crippen molar-refractivity contribution in [2.75, 3.05) is 37.8 Å². The Morgan fingerprint density at radius 1 is 0.892 bits per heavy atom. The molecule has 23 unspecified atom stereocenters. The van der Waals surface area contributed by atoms with E-state index < -0.39 is 87.7 Å². The van der Waals surface area contributed by atoms with Gasteiger partial charge in [0.15, 0.2) is 17.5 Å². The number of hydrogen-bond acceptors (Lipinski definition) is 15. The van der Waals surface area contributed by atoms with Crippen molar-refractivity contribution in [2.24, 2.45) is 110 Å². The third kappa shape index (κ3) is 9.93. The van der Waals surface area contributed by atoms with Crippen molar-refractivity contribution in [3.05, 3.63) is 76.8 Å². The van der Waals surface area contributed by atoms with Gasteiger partial charge in [-0.15, -0.1) is 5.92 Å². The second kappa shape index (κ2) is 22.8. The molecule has 7 fully saturated rings. The maximum atomic E-state index is 16.2. The van der Waals surface area contributed by atoms with Crippen molar-refractivity contribution in [1.82, 2.24) is 10.3 Å². The maximum Gasteiger partial charge on any atom is 0.313 e. The van der Waals surface area contributed by atoms with Crippen LogP contribution in [0.2, 0.25) is 0 Å². The summed E-state index contributed by atoms with van der Waals surface area (Å²) in [6.07, 6.45) is 8.66. The second-order valence-electron chi connectivity index (χ2n) is 27.9. The van der Waals surface area contributed by atoms with Crippen molar-refractivity contribution >= 4 is 45.1 Å². The Bertz CT molecular complexity index is 2960. The van der Waals surface area contributed by atoms with E-state index in [0.717, 1.165) is 30.4 Å².